The summed E-state index contributed by atoms with van der Waals surface area (Å²) in [5.41, 5.74) is -0.709. The summed E-state index contributed by atoms with van der Waals surface area (Å²) in [6, 6.07) is 0. The summed E-state index contributed by atoms with van der Waals surface area (Å²) in [7, 11) is -1.91. The van der Waals surface area contributed by atoms with Crippen molar-refractivity contribution in [1.82, 2.24) is 9.03 Å². The standard InChI is InChI=1S/C7H16N2O3S/c1-7(10)3-5-9(6-4-7)13(11,12)8-2/h8,10H,3-6H2,1-2H3. The van der Waals surface area contributed by atoms with E-state index < -0.39 is 15.8 Å². The second-order valence-corrected chi connectivity index (χ2v) is 5.48. The molecule has 0 atom stereocenters. The molecule has 1 aliphatic rings. The van der Waals surface area contributed by atoms with E-state index in [0.717, 1.165) is 0 Å². The van der Waals surface area contributed by atoms with E-state index in [1.807, 2.05) is 0 Å². The zero-order valence-corrected chi connectivity index (χ0v) is 8.76. The fourth-order valence-electron chi connectivity index (χ4n) is 1.34. The van der Waals surface area contributed by atoms with Crippen LogP contribution in [0.25, 0.3) is 0 Å². The van der Waals surface area contributed by atoms with Gasteiger partial charge in [-0.2, -0.15) is 12.7 Å². The van der Waals surface area contributed by atoms with Gasteiger partial charge in [0.2, 0.25) is 0 Å². The van der Waals surface area contributed by atoms with Crippen LogP contribution in [-0.4, -0.2) is 43.6 Å². The molecule has 0 radical (unpaired) electrons. The molecule has 0 aromatic heterocycles. The highest BCUT2D eigenvalue weighted by molar-refractivity contribution is 7.87. The molecular formula is C7H16N2O3S. The molecule has 1 fully saturated rings. The first-order valence-electron chi connectivity index (χ1n) is 4.28. The molecule has 0 bridgehead atoms. The SMILES string of the molecule is CNS(=O)(=O)N1CCC(C)(O)CC1. The van der Waals surface area contributed by atoms with Crippen molar-refractivity contribution in [2.75, 3.05) is 20.1 Å². The van der Waals surface area contributed by atoms with Crippen molar-refractivity contribution in [3.63, 3.8) is 0 Å². The van der Waals surface area contributed by atoms with E-state index in [1.165, 1.54) is 11.4 Å². The molecule has 1 rings (SSSR count). The van der Waals surface area contributed by atoms with E-state index in [1.54, 1.807) is 6.92 Å². The summed E-state index contributed by atoms with van der Waals surface area (Å²) in [5, 5.41) is 9.59. The van der Waals surface area contributed by atoms with E-state index in [9.17, 15) is 13.5 Å². The normalized spacial score (nSPS) is 24.5. The van der Waals surface area contributed by atoms with Gasteiger partial charge in [0, 0.05) is 20.1 Å². The second kappa shape index (κ2) is 3.53. The summed E-state index contributed by atoms with van der Waals surface area (Å²) < 4.78 is 26.2. The summed E-state index contributed by atoms with van der Waals surface area (Å²) in [6.45, 7) is 2.50. The first-order valence-corrected chi connectivity index (χ1v) is 5.72. The molecule has 0 unspecified atom stereocenters. The maximum absolute atomic E-state index is 11.3. The van der Waals surface area contributed by atoms with Gasteiger partial charge in [-0.15, -0.1) is 0 Å². The lowest BCUT2D eigenvalue weighted by Gasteiger charge is -2.34. The highest BCUT2D eigenvalue weighted by atomic mass is 32.2. The Morgan fingerprint density at radius 2 is 1.85 bits per heavy atom. The Morgan fingerprint density at radius 3 is 2.23 bits per heavy atom. The number of nitrogens with zero attached hydrogens (tertiary/aromatic N) is 1. The van der Waals surface area contributed by atoms with Crippen LogP contribution in [0.2, 0.25) is 0 Å². The number of hydrogen-bond acceptors (Lipinski definition) is 3. The molecular weight excluding hydrogens is 192 g/mol. The average molecular weight is 208 g/mol. The molecule has 1 saturated heterocycles. The monoisotopic (exact) mass is 208 g/mol. The van der Waals surface area contributed by atoms with Crippen molar-refractivity contribution in [3.8, 4) is 0 Å². The van der Waals surface area contributed by atoms with Crippen molar-refractivity contribution in [2.24, 2.45) is 0 Å². The maximum Gasteiger partial charge on any atom is 0.279 e. The van der Waals surface area contributed by atoms with Gasteiger partial charge in [0.1, 0.15) is 0 Å². The minimum absolute atomic E-state index is 0.385. The lowest BCUT2D eigenvalue weighted by molar-refractivity contribution is 0.0124. The highest BCUT2D eigenvalue weighted by Crippen LogP contribution is 2.22. The molecule has 0 aromatic rings. The predicted octanol–water partition coefficient (Wildman–Crippen LogP) is -0.703. The van der Waals surface area contributed by atoms with Gasteiger partial charge in [0.15, 0.2) is 0 Å². The third kappa shape index (κ3) is 2.63. The van der Waals surface area contributed by atoms with Crippen molar-refractivity contribution < 1.29 is 13.5 Å². The molecule has 0 saturated carbocycles. The van der Waals surface area contributed by atoms with Gasteiger partial charge in [-0.05, 0) is 19.8 Å². The van der Waals surface area contributed by atoms with Crippen LogP contribution in [0, 0.1) is 0 Å². The lowest BCUT2D eigenvalue weighted by atomic mass is 9.95. The largest absolute Gasteiger partial charge is 0.390 e. The highest BCUT2D eigenvalue weighted by Gasteiger charge is 2.32. The van der Waals surface area contributed by atoms with E-state index in [0.29, 0.717) is 25.9 Å². The molecule has 78 valence electrons. The van der Waals surface area contributed by atoms with Crippen LogP contribution in [-0.2, 0) is 10.2 Å². The van der Waals surface area contributed by atoms with Crippen molar-refractivity contribution in [1.29, 1.82) is 0 Å². The zero-order valence-electron chi connectivity index (χ0n) is 7.95. The van der Waals surface area contributed by atoms with E-state index in [-0.39, 0.29) is 0 Å². The molecule has 13 heavy (non-hydrogen) atoms. The van der Waals surface area contributed by atoms with Crippen LogP contribution in [0.1, 0.15) is 19.8 Å². The average Bonchev–Trinajstić information content (AvgIpc) is 2.04. The van der Waals surface area contributed by atoms with Gasteiger partial charge in [-0.1, -0.05) is 0 Å². The summed E-state index contributed by atoms with van der Waals surface area (Å²) in [5.74, 6) is 0. The van der Waals surface area contributed by atoms with Crippen LogP contribution in [0.4, 0.5) is 0 Å². The Kier molecular flexibility index (Phi) is 2.96. The Balaban J connectivity index is 2.61. The third-order valence-corrected chi connectivity index (χ3v) is 3.96. The van der Waals surface area contributed by atoms with Crippen LogP contribution in [0.5, 0.6) is 0 Å². The van der Waals surface area contributed by atoms with Gasteiger partial charge >= 0.3 is 0 Å². The smallest absolute Gasteiger partial charge is 0.279 e. The Labute approximate surface area is 78.9 Å². The number of hydrogen-bond donors (Lipinski definition) is 2. The Hall–Kier alpha value is -0.170. The molecule has 6 heteroatoms. The molecule has 0 spiro atoms. The van der Waals surface area contributed by atoms with Gasteiger partial charge in [-0.3, -0.25) is 0 Å². The Morgan fingerprint density at radius 1 is 1.38 bits per heavy atom. The molecule has 0 amide bonds. The molecule has 1 aliphatic heterocycles. The van der Waals surface area contributed by atoms with Gasteiger partial charge in [-0.25, -0.2) is 4.72 Å². The van der Waals surface area contributed by atoms with Crippen molar-refractivity contribution >= 4 is 10.2 Å². The van der Waals surface area contributed by atoms with E-state index in [4.69, 9.17) is 0 Å². The number of aliphatic hydroxyl groups is 1. The zero-order chi connectivity index (χ0) is 10.1. The number of nitrogens with one attached hydrogen (secondary N) is 1. The molecule has 0 aromatic carbocycles. The maximum atomic E-state index is 11.3. The van der Waals surface area contributed by atoms with E-state index >= 15 is 0 Å². The van der Waals surface area contributed by atoms with E-state index in [2.05, 4.69) is 4.72 Å². The molecule has 2 N–H and O–H groups in total. The van der Waals surface area contributed by atoms with Crippen LogP contribution in [0.3, 0.4) is 0 Å². The minimum Gasteiger partial charge on any atom is -0.390 e. The minimum atomic E-state index is -3.30. The molecule has 1 heterocycles. The van der Waals surface area contributed by atoms with Gasteiger partial charge in [0.05, 0.1) is 5.60 Å². The number of piperidine rings is 1. The fourth-order valence-corrected chi connectivity index (χ4v) is 2.26. The van der Waals surface area contributed by atoms with Crippen LogP contribution < -0.4 is 4.72 Å². The van der Waals surface area contributed by atoms with Crippen molar-refractivity contribution in [2.45, 2.75) is 25.4 Å². The summed E-state index contributed by atoms with van der Waals surface area (Å²) in [4.78, 5) is 0. The first kappa shape index (κ1) is 10.9. The van der Waals surface area contributed by atoms with Crippen LogP contribution >= 0.6 is 0 Å². The molecule has 5 nitrogen and oxygen atoms in total. The fraction of sp³-hybridized carbons (Fsp3) is 1.00. The second-order valence-electron chi connectivity index (χ2n) is 3.61. The quantitative estimate of drug-likeness (QED) is 0.630. The Bertz CT molecular complexity index is 263. The molecule has 0 aliphatic carbocycles. The predicted molar refractivity (Wildman–Crippen MR) is 49.4 cm³/mol. The summed E-state index contributed by atoms with van der Waals surface area (Å²) >= 11 is 0. The third-order valence-electron chi connectivity index (χ3n) is 2.40. The van der Waals surface area contributed by atoms with Crippen LogP contribution in [0.15, 0.2) is 0 Å². The lowest BCUT2D eigenvalue weighted by Crippen LogP contribution is -2.48. The van der Waals surface area contributed by atoms with Gasteiger partial charge < -0.3 is 5.11 Å². The first-order chi connectivity index (χ1) is 5.87. The van der Waals surface area contributed by atoms with Crippen molar-refractivity contribution in [3.05, 3.63) is 0 Å². The summed E-state index contributed by atoms with van der Waals surface area (Å²) in [6.07, 6.45) is 0.988. The number of rotatable bonds is 2. The topological polar surface area (TPSA) is 69.6 Å². The van der Waals surface area contributed by atoms with Gasteiger partial charge in [0.25, 0.3) is 10.2 Å².